The molecular weight excluding hydrogens is 238 g/mol. The third-order valence-electron chi connectivity index (χ3n) is 3.68. The van der Waals surface area contributed by atoms with Crippen molar-refractivity contribution in [3.05, 3.63) is 29.3 Å². The number of nitrogens with zero attached hydrogens (tertiary/aromatic N) is 2. The Morgan fingerprint density at radius 3 is 2.79 bits per heavy atom. The molecule has 0 amide bonds. The zero-order valence-corrected chi connectivity index (χ0v) is 12.0. The van der Waals surface area contributed by atoms with Gasteiger partial charge in [-0.2, -0.15) is 0 Å². The Labute approximate surface area is 116 Å². The van der Waals surface area contributed by atoms with Crippen molar-refractivity contribution in [2.75, 3.05) is 46.3 Å². The molecule has 0 atom stereocenters. The van der Waals surface area contributed by atoms with Crippen LogP contribution in [-0.4, -0.2) is 61.2 Å². The molecule has 4 nitrogen and oxygen atoms in total. The highest BCUT2D eigenvalue weighted by Gasteiger charge is 2.11. The molecule has 1 aromatic rings. The topological polar surface area (TPSA) is 38.7 Å². The second kappa shape index (κ2) is 6.89. The number of phenols is 1. The average molecular weight is 263 g/mol. The minimum atomic E-state index is 0.402. The average Bonchev–Trinajstić information content (AvgIpc) is 2.42. The van der Waals surface area contributed by atoms with Gasteiger partial charge in [0, 0.05) is 51.4 Å². The summed E-state index contributed by atoms with van der Waals surface area (Å²) in [6, 6.07) is 5.80. The van der Waals surface area contributed by atoms with Crippen molar-refractivity contribution in [3.63, 3.8) is 0 Å². The molecule has 4 heteroatoms. The molecule has 1 aliphatic rings. The third-order valence-corrected chi connectivity index (χ3v) is 3.68. The largest absolute Gasteiger partial charge is 0.508 e. The van der Waals surface area contributed by atoms with E-state index in [1.807, 2.05) is 6.07 Å². The first-order valence-corrected chi connectivity index (χ1v) is 7.05. The first-order valence-electron chi connectivity index (χ1n) is 7.05. The molecule has 2 rings (SSSR count). The summed E-state index contributed by atoms with van der Waals surface area (Å²) in [6.07, 6.45) is 0. The van der Waals surface area contributed by atoms with Crippen LogP contribution in [-0.2, 0) is 6.54 Å². The van der Waals surface area contributed by atoms with Crippen molar-refractivity contribution in [2.24, 2.45) is 0 Å². The van der Waals surface area contributed by atoms with Crippen LogP contribution in [0.5, 0.6) is 5.75 Å². The summed E-state index contributed by atoms with van der Waals surface area (Å²) in [5, 5.41) is 13.2. The lowest BCUT2D eigenvalue weighted by Gasteiger charge is -2.29. The van der Waals surface area contributed by atoms with Gasteiger partial charge in [-0.05, 0) is 20.0 Å². The predicted molar refractivity (Wildman–Crippen MR) is 78.5 cm³/mol. The van der Waals surface area contributed by atoms with Crippen LogP contribution in [0.25, 0.3) is 0 Å². The fraction of sp³-hybridized carbons (Fsp3) is 0.600. The van der Waals surface area contributed by atoms with Crippen LogP contribution >= 0.6 is 0 Å². The maximum absolute atomic E-state index is 9.86. The van der Waals surface area contributed by atoms with Crippen molar-refractivity contribution < 1.29 is 5.11 Å². The molecule has 0 aromatic heterocycles. The molecule has 0 saturated carbocycles. The van der Waals surface area contributed by atoms with E-state index in [0.717, 1.165) is 51.4 Å². The van der Waals surface area contributed by atoms with Crippen molar-refractivity contribution in [3.8, 4) is 5.75 Å². The van der Waals surface area contributed by atoms with E-state index in [9.17, 15) is 5.11 Å². The highest BCUT2D eigenvalue weighted by atomic mass is 16.3. The highest BCUT2D eigenvalue weighted by molar-refractivity contribution is 5.35. The molecule has 0 aliphatic carbocycles. The Morgan fingerprint density at radius 2 is 2.05 bits per heavy atom. The third kappa shape index (κ3) is 4.49. The first-order chi connectivity index (χ1) is 9.15. The summed E-state index contributed by atoms with van der Waals surface area (Å²) in [7, 11) is 2.12. The van der Waals surface area contributed by atoms with Gasteiger partial charge in [-0.3, -0.25) is 4.90 Å². The molecule has 0 bridgehead atoms. The number of hydrogen-bond donors (Lipinski definition) is 2. The van der Waals surface area contributed by atoms with Crippen LogP contribution in [0.2, 0.25) is 0 Å². The van der Waals surface area contributed by atoms with Crippen LogP contribution < -0.4 is 5.32 Å². The molecule has 1 heterocycles. The standard InChI is InChI=1S/C15H25N3O/c1-13-3-4-15(19)14(11-13)12-17(2)9-10-18-7-5-16-6-8-18/h3-4,11,16,19H,5-10,12H2,1-2H3. The van der Waals surface area contributed by atoms with E-state index < -0.39 is 0 Å². The van der Waals surface area contributed by atoms with Gasteiger partial charge in [0.1, 0.15) is 5.75 Å². The molecule has 0 unspecified atom stereocenters. The molecule has 19 heavy (non-hydrogen) atoms. The smallest absolute Gasteiger partial charge is 0.120 e. The minimum Gasteiger partial charge on any atom is -0.508 e. The maximum Gasteiger partial charge on any atom is 0.120 e. The molecule has 2 N–H and O–H groups in total. The number of nitrogens with one attached hydrogen (secondary N) is 1. The number of hydrogen-bond acceptors (Lipinski definition) is 4. The Bertz CT molecular complexity index is 402. The van der Waals surface area contributed by atoms with Crippen molar-refractivity contribution in [2.45, 2.75) is 13.5 Å². The van der Waals surface area contributed by atoms with Gasteiger partial charge >= 0.3 is 0 Å². The Morgan fingerprint density at radius 1 is 1.32 bits per heavy atom. The molecule has 106 valence electrons. The molecule has 0 radical (unpaired) electrons. The fourth-order valence-electron chi connectivity index (χ4n) is 2.46. The van der Waals surface area contributed by atoms with Gasteiger partial charge in [0.2, 0.25) is 0 Å². The van der Waals surface area contributed by atoms with Gasteiger partial charge in [0.05, 0.1) is 0 Å². The highest BCUT2D eigenvalue weighted by Crippen LogP contribution is 2.19. The van der Waals surface area contributed by atoms with E-state index in [-0.39, 0.29) is 0 Å². The van der Waals surface area contributed by atoms with Crippen LogP contribution in [0.1, 0.15) is 11.1 Å². The molecule has 0 spiro atoms. The maximum atomic E-state index is 9.86. The fourth-order valence-corrected chi connectivity index (χ4v) is 2.46. The Kier molecular flexibility index (Phi) is 5.19. The summed E-state index contributed by atoms with van der Waals surface area (Å²) in [4.78, 5) is 4.76. The van der Waals surface area contributed by atoms with E-state index in [2.05, 4.69) is 35.2 Å². The van der Waals surface area contributed by atoms with E-state index in [1.165, 1.54) is 5.56 Å². The summed E-state index contributed by atoms with van der Waals surface area (Å²) in [5.41, 5.74) is 2.21. The zero-order chi connectivity index (χ0) is 13.7. The lowest BCUT2D eigenvalue weighted by Crippen LogP contribution is -2.45. The van der Waals surface area contributed by atoms with Gasteiger partial charge in [0.15, 0.2) is 0 Å². The van der Waals surface area contributed by atoms with Crippen LogP contribution in [0.4, 0.5) is 0 Å². The molecule has 1 aliphatic heterocycles. The van der Waals surface area contributed by atoms with Gasteiger partial charge in [-0.25, -0.2) is 0 Å². The zero-order valence-electron chi connectivity index (χ0n) is 12.0. The summed E-state index contributed by atoms with van der Waals surface area (Å²) >= 11 is 0. The second-order valence-corrected chi connectivity index (χ2v) is 5.46. The van der Waals surface area contributed by atoms with Crippen LogP contribution in [0.3, 0.4) is 0 Å². The number of likely N-dealkylation sites (N-methyl/N-ethyl adjacent to an activating group) is 1. The van der Waals surface area contributed by atoms with Crippen LogP contribution in [0.15, 0.2) is 18.2 Å². The molecule has 1 aromatic carbocycles. The quantitative estimate of drug-likeness (QED) is 0.832. The lowest BCUT2D eigenvalue weighted by atomic mass is 10.1. The number of phenolic OH excluding ortho intramolecular Hbond substituents is 1. The van der Waals surface area contributed by atoms with Crippen molar-refractivity contribution >= 4 is 0 Å². The SMILES string of the molecule is Cc1ccc(O)c(CN(C)CCN2CCNCC2)c1. The normalized spacial score (nSPS) is 17.0. The Hall–Kier alpha value is -1.10. The first kappa shape index (κ1) is 14.3. The number of rotatable bonds is 5. The number of aromatic hydroxyl groups is 1. The van der Waals surface area contributed by atoms with Gasteiger partial charge in [-0.1, -0.05) is 17.7 Å². The summed E-state index contributed by atoms with van der Waals surface area (Å²) in [5.74, 6) is 0.402. The van der Waals surface area contributed by atoms with Gasteiger partial charge in [-0.15, -0.1) is 0 Å². The predicted octanol–water partition coefficient (Wildman–Crippen LogP) is 1.04. The van der Waals surface area contributed by atoms with E-state index in [1.54, 1.807) is 6.07 Å². The van der Waals surface area contributed by atoms with Gasteiger partial charge < -0.3 is 15.3 Å². The minimum absolute atomic E-state index is 0.402. The van der Waals surface area contributed by atoms with Crippen molar-refractivity contribution in [1.29, 1.82) is 0 Å². The number of piperazine rings is 1. The second-order valence-electron chi connectivity index (χ2n) is 5.46. The number of benzene rings is 1. The van der Waals surface area contributed by atoms with E-state index in [4.69, 9.17) is 0 Å². The Balaban J connectivity index is 1.80. The summed E-state index contributed by atoms with van der Waals surface area (Å²) in [6.45, 7) is 9.49. The lowest BCUT2D eigenvalue weighted by molar-refractivity contribution is 0.201. The van der Waals surface area contributed by atoms with E-state index >= 15 is 0 Å². The molecule has 1 fully saturated rings. The van der Waals surface area contributed by atoms with E-state index in [0.29, 0.717) is 5.75 Å². The number of aryl methyl sites for hydroxylation is 1. The van der Waals surface area contributed by atoms with Crippen LogP contribution in [0, 0.1) is 6.92 Å². The summed E-state index contributed by atoms with van der Waals surface area (Å²) < 4.78 is 0. The molecular formula is C15H25N3O. The monoisotopic (exact) mass is 263 g/mol. The van der Waals surface area contributed by atoms with Gasteiger partial charge in [0.25, 0.3) is 0 Å². The van der Waals surface area contributed by atoms with Crippen molar-refractivity contribution in [1.82, 2.24) is 15.1 Å². The molecule has 1 saturated heterocycles.